The van der Waals surface area contributed by atoms with Gasteiger partial charge in [-0.2, -0.15) is 0 Å². The Hall–Kier alpha value is 0.210. The van der Waals surface area contributed by atoms with Crippen LogP contribution < -0.4 is 0 Å². The van der Waals surface area contributed by atoms with E-state index in [4.69, 9.17) is 21.1 Å². The molecule has 1 aliphatic carbocycles. The molecule has 3 heteroatoms. The van der Waals surface area contributed by atoms with Crippen LogP contribution in [0.15, 0.2) is 0 Å². The summed E-state index contributed by atoms with van der Waals surface area (Å²) in [5, 5.41) is 0.239. The quantitative estimate of drug-likeness (QED) is 0.462. The Morgan fingerprint density at radius 3 is 2.47 bits per heavy atom. The summed E-state index contributed by atoms with van der Waals surface area (Å²) in [5.41, 5.74) is 0. The third-order valence-corrected chi connectivity index (χ3v) is 3.99. The molecule has 0 aromatic carbocycles. The first-order chi connectivity index (χ1) is 8.29. The molecule has 0 aromatic heterocycles. The van der Waals surface area contributed by atoms with Gasteiger partial charge in [0.1, 0.15) is 0 Å². The van der Waals surface area contributed by atoms with E-state index >= 15 is 0 Å². The second-order valence-corrected chi connectivity index (χ2v) is 5.51. The minimum atomic E-state index is 0.239. The lowest BCUT2D eigenvalue weighted by molar-refractivity contribution is -0.00761. The van der Waals surface area contributed by atoms with E-state index in [1.165, 1.54) is 12.8 Å². The number of ether oxygens (including phenoxy) is 2. The summed E-state index contributed by atoms with van der Waals surface area (Å²) in [7, 11) is 0. The van der Waals surface area contributed by atoms with Gasteiger partial charge >= 0.3 is 0 Å². The Morgan fingerprint density at radius 1 is 1.06 bits per heavy atom. The fraction of sp³-hybridized carbons (Fsp3) is 1.00. The molecule has 0 saturated heterocycles. The van der Waals surface area contributed by atoms with Gasteiger partial charge in [-0.3, -0.25) is 0 Å². The number of rotatable bonds is 9. The van der Waals surface area contributed by atoms with Crippen molar-refractivity contribution >= 4 is 11.6 Å². The summed E-state index contributed by atoms with van der Waals surface area (Å²) in [6.07, 6.45) is 7.15. The van der Waals surface area contributed by atoms with Crippen LogP contribution in [-0.4, -0.2) is 31.3 Å². The van der Waals surface area contributed by atoms with Crippen molar-refractivity contribution in [3.8, 4) is 0 Å². The SMILES string of the molecule is CCCCOC[C@H]1[C@H](Cl)CC[C@@H]1OCCCC. The summed E-state index contributed by atoms with van der Waals surface area (Å²) in [6, 6.07) is 0. The molecular formula is C14H27ClO2. The highest BCUT2D eigenvalue weighted by Gasteiger charge is 2.35. The van der Waals surface area contributed by atoms with Crippen LogP contribution in [0.5, 0.6) is 0 Å². The number of unbranched alkanes of at least 4 members (excludes halogenated alkanes) is 2. The zero-order chi connectivity index (χ0) is 12.5. The highest BCUT2D eigenvalue weighted by atomic mass is 35.5. The van der Waals surface area contributed by atoms with Gasteiger partial charge in [-0.05, 0) is 25.7 Å². The summed E-state index contributed by atoms with van der Waals surface area (Å²) in [4.78, 5) is 0. The maximum Gasteiger partial charge on any atom is 0.0640 e. The van der Waals surface area contributed by atoms with Gasteiger partial charge in [-0.1, -0.05) is 26.7 Å². The second kappa shape index (κ2) is 9.18. The first-order valence-corrected chi connectivity index (χ1v) is 7.56. The van der Waals surface area contributed by atoms with Crippen molar-refractivity contribution in [1.82, 2.24) is 0 Å². The third kappa shape index (κ3) is 5.58. The highest BCUT2D eigenvalue weighted by Crippen LogP contribution is 2.33. The molecule has 0 bridgehead atoms. The van der Waals surface area contributed by atoms with Crippen molar-refractivity contribution in [1.29, 1.82) is 0 Å². The van der Waals surface area contributed by atoms with Crippen LogP contribution >= 0.6 is 11.6 Å². The van der Waals surface area contributed by atoms with E-state index in [0.717, 1.165) is 45.5 Å². The lowest BCUT2D eigenvalue weighted by Gasteiger charge is -2.22. The number of alkyl halides is 1. The Kier molecular flexibility index (Phi) is 8.25. The normalized spacial score (nSPS) is 28.8. The molecular weight excluding hydrogens is 236 g/mol. The predicted octanol–water partition coefficient (Wildman–Crippen LogP) is 4.01. The first-order valence-electron chi connectivity index (χ1n) is 7.13. The molecule has 1 rings (SSSR count). The number of hydrogen-bond acceptors (Lipinski definition) is 2. The molecule has 0 spiro atoms. The summed E-state index contributed by atoms with van der Waals surface area (Å²) in [6.45, 7) is 6.87. The molecule has 0 heterocycles. The van der Waals surface area contributed by atoms with Crippen LogP contribution in [0.25, 0.3) is 0 Å². The van der Waals surface area contributed by atoms with E-state index < -0.39 is 0 Å². The van der Waals surface area contributed by atoms with Crippen LogP contribution in [0.1, 0.15) is 52.4 Å². The van der Waals surface area contributed by atoms with Gasteiger partial charge in [0.25, 0.3) is 0 Å². The molecule has 17 heavy (non-hydrogen) atoms. The zero-order valence-corrected chi connectivity index (χ0v) is 12.0. The minimum Gasteiger partial charge on any atom is -0.381 e. The van der Waals surface area contributed by atoms with E-state index in [1.54, 1.807) is 0 Å². The maximum atomic E-state index is 6.34. The van der Waals surface area contributed by atoms with Crippen molar-refractivity contribution < 1.29 is 9.47 Å². The fourth-order valence-corrected chi connectivity index (χ4v) is 2.61. The van der Waals surface area contributed by atoms with E-state index in [1.807, 2.05) is 0 Å². The standard InChI is InChI=1S/C14H27ClO2/c1-3-5-9-16-11-12-13(15)7-8-14(12)17-10-6-4-2/h12-14H,3-11H2,1-2H3/t12-,13+,14-/m0/s1. The molecule has 1 fully saturated rings. The molecule has 2 nitrogen and oxygen atoms in total. The minimum absolute atomic E-state index is 0.239. The van der Waals surface area contributed by atoms with Gasteiger partial charge in [-0.25, -0.2) is 0 Å². The summed E-state index contributed by atoms with van der Waals surface area (Å²) >= 11 is 6.34. The Balaban J connectivity index is 2.21. The largest absolute Gasteiger partial charge is 0.381 e. The molecule has 0 unspecified atom stereocenters. The second-order valence-electron chi connectivity index (χ2n) is 4.95. The van der Waals surface area contributed by atoms with Crippen LogP contribution in [0, 0.1) is 5.92 Å². The Labute approximate surface area is 111 Å². The molecule has 102 valence electrons. The van der Waals surface area contributed by atoms with Crippen LogP contribution in [-0.2, 0) is 9.47 Å². The van der Waals surface area contributed by atoms with E-state index in [9.17, 15) is 0 Å². The van der Waals surface area contributed by atoms with Crippen molar-refractivity contribution in [2.45, 2.75) is 63.9 Å². The van der Waals surface area contributed by atoms with Gasteiger partial charge < -0.3 is 9.47 Å². The molecule has 1 aliphatic rings. The van der Waals surface area contributed by atoms with Crippen molar-refractivity contribution in [3.05, 3.63) is 0 Å². The molecule has 0 N–H and O–H groups in total. The molecule has 1 saturated carbocycles. The third-order valence-electron chi connectivity index (χ3n) is 3.45. The van der Waals surface area contributed by atoms with Gasteiger partial charge in [0, 0.05) is 24.5 Å². The van der Waals surface area contributed by atoms with Crippen LogP contribution in [0.3, 0.4) is 0 Å². The average molecular weight is 263 g/mol. The smallest absolute Gasteiger partial charge is 0.0640 e. The lowest BCUT2D eigenvalue weighted by atomic mass is 10.1. The number of hydrogen-bond donors (Lipinski definition) is 0. The van der Waals surface area contributed by atoms with Crippen molar-refractivity contribution in [2.24, 2.45) is 5.92 Å². The zero-order valence-electron chi connectivity index (χ0n) is 11.3. The van der Waals surface area contributed by atoms with Gasteiger partial charge in [-0.15, -0.1) is 11.6 Å². The highest BCUT2D eigenvalue weighted by molar-refractivity contribution is 6.21. The Morgan fingerprint density at radius 2 is 1.76 bits per heavy atom. The molecule has 3 atom stereocenters. The van der Waals surface area contributed by atoms with E-state index in [-0.39, 0.29) is 5.38 Å². The van der Waals surface area contributed by atoms with E-state index in [0.29, 0.717) is 12.0 Å². The topological polar surface area (TPSA) is 18.5 Å². The van der Waals surface area contributed by atoms with Crippen LogP contribution in [0.4, 0.5) is 0 Å². The van der Waals surface area contributed by atoms with Crippen LogP contribution in [0.2, 0.25) is 0 Å². The van der Waals surface area contributed by atoms with Gasteiger partial charge in [0.05, 0.1) is 12.7 Å². The predicted molar refractivity (Wildman–Crippen MR) is 72.7 cm³/mol. The summed E-state index contributed by atoms with van der Waals surface area (Å²) in [5.74, 6) is 0.394. The average Bonchev–Trinajstić information content (AvgIpc) is 2.67. The summed E-state index contributed by atoms with van der Waals surface area (Å²) < 4.78 is 11.6. The Bertz CT molecular complexity index is 187. The fourth-order valence-electron chi connectivity index (χ4n) is 2.25. The lowest BCUT2D eigenvalue weighted by Crippen LogP contribution is -2.28. The molecule has 0 amide bonds. The molecule has 0 aromatic rings. The van der Waals surface area contributed by atoms with Crippen molar-refractivity contribution in [3.63, 3.8) is 0 Å². The monoisotopic (exact) mass is 262 g/mol. The first kappa shape index (κ1) is 15.3. The van der Waals surface area contributed by atoms with E-state index in [2.05, 4.69) is 13.8 Å². The molecule has 0 aliphatic heterocycles. The molecule has 0 radical (unpaired) electrons. The van der Waals surface area contributed by atoms with Crippen molar-refractivity contribution in [2.75, 3.05) is 19.8 Å². The van der Waals surface area contributed by atoms with Gasteiger partial charge in [0.2, 0.25) is 0 Å². The number of halogens is 1. The maximum absolute atomic E-state index is 6.34. The van der Waals surface area contributed by atoms with Gasteiger partial charge in [0.15, 0.2) is 0 Å².